The van der Waals surface area contributed by atoms with Crippen molar-refractivity contribution in [2.75, 3.05) is 19.0 Å². The molecular formula is C19H16N2O3. The van der Waals surface area contributed by atoms with Crippen LogP contribution in [0.15, 0.2) is 59.6 Å². The van der Waals surface area contributed by atoms with E-state index < -0.39 is 5.97 Å². The molecule has 120 valence electrons. The number of benzodiazepines with no additional fused rings is 1. The molecule has 0 unspecified atom stereocenters. The lowest BCUT2D eigenvalue weighted by atomic mass is 9.99. The zero-order valence-electron chi connectivity index (χ0n) is 13.2. The minimum absolute atomic E-state index is 0.0756. The number of rotatable bonds is 3. The molecule has 0 aromatic heterocycles. The van der Waals surface area contributed by atoms with Gasteiger partial charge in [-0.3, -0.25) is 9.79 Å². The van der Waals surface area contributed by atoms with Gasteiger partial charge in [-0.15, -0.1) is 0 Å². The van der Waals surface area contributed by atoms with Crippen molar-refractivity contribution in [1.82, 2.24) is 0 Å². The predicted octanol–water partition coefficient (Wildman–Crippen LogP) is 2.66. The first-order chi connectivity index (χ1) is 11.7. The fraction of sp³-hybridized carbons (Fsp3) is 0.105. The number of nitrogens with one attached hydrogen (secondary N) is 1. The maximum absolute atomic E-state index is 11.9. The number of benzene rings is 2. The topological polar surface area (TPSA) is 67.8 Å². The monoisotopic (exact) mass is 320 g/mol. The van der Waals surface area contributed by atoms with Gasteiger partial charge in [-0.1, -0.05) is 42.5 Å². The predicted molar refractivity (Wildman–Crippen MR) is 93.1 cm³/mol. The Labute approximate surface area is 139 Å². The summed E-state index contributed by atoms with van der Waals surface area (Å²) in [5, 5.41) is 2.86. The molecule has 0 radical (unpaired) electrons. The van der Waals surface area contributed by atoms with Crippen LogP contribution in [0.5, 0.6) is 0 Å². The average molecular weight is 320 g/mol. The van der Waals surface area contributed by atoms with Crippen LogP contribution >= 0.6 is 0 Å². The van der Waals surface area contributed by atoms with Gasteiger partial charge in [-0.05, 0) is 17.7 Å². The van der Waals surface area contributed by atoms with Crippen molar-refractivity contribution in [2.45, 2.75) is 0 Å². The summed E-state index contributed by atoms with van der Waals surface area (Å²) < 4.78 is 4.58. The zero-order valence-corrected chi connectivity index (χ0v) is 13.2. The highest BCUT2D eigenvalue weighted by Crippen LogP contribution is 2.24. The van der Waals surface area contributed by atoms with Gasteiger partial charge in [-0.25, -0.2) is 4.79 Å². The second-order valence-electron chi connectivity index (χ2n) is 5.24. The van der Waals surface area contributed by atoms with Crippen LogP contribution in [0, 0.1) is 0 Å². The van der Waals surface area contributed by atoms with Gasteiger partial charge in [-0.2, -0.15) is 0 Å². The molecule has 24 heavy (non-hydrogen) atoms. The van der Waals surface area contributed by atoms with Crippen molar-refractivity contribution in [3.05, 3.63) is 71.3 Å². The van der Waals surface area contributed by atoms with Gasteiger partial charge in [0.25, 0.3) is 0 Å². The molecule has 1 heterocycles. The number of aliphatic imine (C=N–C) groups is 1. The van der Waals surface area contributed by atoms with E-state index >= 15 is 0 Å². The number of esters is 1. The summed E-state index contributed by atoms with van der Waals surface area (Å²) in [4.78, 5) is 27.6. The average Bonchev–Trinajstić information content (AvgIpc) is 2.78. The maximum Gasteiger partial charge on any atom is 0.330 e. The van der Waals surface area contributed by atoms with Gasteiger partial charge in [0.2, 0.25) is 5.91 Å². The largest absolute Gasteiger partial charge is 0.466 e. The first-order valence-electron chi connectivity index (χ1n) is 7.47. The lowest BCUT2D eigenvalue weighted by molar-refractivity contribution is -0.134. The number of ether oxygens (including phenoxy) is 1. The van der Waals surface area contributed by atoms with E-state index in [1.807, 2.05) is 48.5 Å². The highest BCUT2D eigenvalue weighted by atomic mass is 16.5. The number of hydrogen-bond acceptors (Lipinski definition) is 4. The van der Waals surface area contributed by atoms with Crippen molar-refractivity contribution in [3.63, 3.8) is 0 Å². The van der Waals surface area contributed by atoms with E-state index in [1.165, 1.54) is 13.2 Å². The molecule has 1 N–H and O–H groups in total. The third kappa shape index (κ3) is 3.41. The number of anilines is 1. The van der Waals surface area contributed by atoms with Crippen molar-refractivity contribution >= 4 is 29.4 Å². The molecular weight excluding hydrogens is 304 g/mol. The summed E-state index contributed by atoms with van der Waals surface area (Å²) in [5.74, 6) is -0.600. The normalized spacial score (nSPS) is 13.7. The fourth-order valence-corrected chi connectivity index (χ4v) is 2.48. The van der Waals surface area contributed by atoms with Gasteiger partial charge in [0.15, 0.2) is 0 Å². The van der Waals surface area contributed by atoms with Gasteiger partial charge in [0.05, 0.1) is 18.5 Å². The fourth-order valence-electron chi connectivity index (χ4n) is 2.48. The first kappa shape index (κ1) is 15.7. The summed E-state index contributed by atoms with van der Waals surface area (Å²) in [6, 6.07) is 15.3. The summed E-state index contributed by atoms with van der Waals surface area (Å²) in [7, 11) is 1.33. The number of carbonyl (C=O) groups excluding carboxylic acids is 2. The van der Waals surface area contributed by atoms with Crippen molar-refractivity contribution in [3.8, 4) is 0 Å². The van der Waals surface area contributed by atoms with Crippen LogP contribution in [0.3, 0.4) is 0 Å². The van der Waals surface area contributed by atoms with Crippen LogP contribution < -0.4 is 5.32 Å². The Balaban J connectivity index is 2.02. The standard InChI is InChI=1S/C19H16N2O3/c1-24-18(23)10-8-13-7-9-15-16(11-13)21-17(22)12-20-19(15)14-5-3-2-4-6-14/h2-11H,12H2,1H3,(H,21,22). The van der Waals surface area contributed by atoms with Gasteiger partial charge >= 0.3 is 5.97 Å². The van der Waals surface area contributed by atoms with Gasteiger partial charge in [0, 0.05) is 17.2 Å². The van der Waals surface area contributed by atoms with Crippen LogP contribution in [0.4, 0.5) is 5.69 Å². The van der Waals surface area contributed by atoms with Gasteiger partial charge < -0.3 is 10.1 Å². The molecule has 2 aromatic rings. The minimum Gasteiger partial charge on any atom is -0.466 e. The second-order valence-corrected chi connectivity index (χ2v) is 5.24. The Bertz CT molecular complexity index is 839. The molecule has 5 heteroatoms. The van der Waals surface area contributed by atoms with E-state index in [2.05, 4.69) is 15.0 Å². The molecule has 0 fully saturated rings. The molecule has 2 aromatic carbocycles. The molecule has 1 aliphatic rings. The van der Waals surface area contributed by atoms with Crippen molar-refractivity contribution in [1.29, 1.82) is 0 Å². The number of amides is 1. The maximum atomic E-state index is 11.9. The van der Waals surface area contributed by atoms with E-state index in [0.717, 1.165) is 22.4 Å². The third-order valence-electron chi connectivity index (χ3n) is 3.61. The van der Waals surface area contributed by atoms with Crippen LogP contribution in [-0.4, -0.2) is 31.2 Å². The molecule has 1 aliphatic heterocycles. The Kier molecular flexibility index (Phi) is 4.52. The second kappa shape index (κ2) is 6.91. The van der Waals surface area contributed by atoms with E-state index in [0.29, 0.717) is 5.69 Å². The van der Waals surface area contributed by atoms with E-state index in [-0.39, 0.29) is 12.5 Å². The highest BCUT2D eigenvalue weighted by Gasteiger charge is 2.17. The van der Waals surface area contributed by atoms with Crippen LogP contribution in [0.1, 0.15) is 16.7 Å². The van der Waals surface area contributed by atoms with Crippen LogP contribution in [0.25, 0.3) is 6.08 Å². The summed E-state index contributed by atoms with van der Waals surface area (Å²) in [6.45, 7) is 0.0756. The quantitative estimate of drug-likeness (QED) is 0.698. The Morgan fingerprint density at radius 1 is 1.21 bits per heavy atom. The summed E-state index contributed by atoms with van der Waals surface area (Å²) in [6.07, 6.45) is 2.98. The Hall–Kier alpha value is -3.21. The number of carbonyl (C=O) groups is 2. The van der Waals surface area contributed by atoms with Crippen LogP contribution in [0.2, 0.25) is 0 Å². The van der Waals surface area contributed by atoms with Crippen LogP contribution in [-0.2, 0) is 14.3 Å². The number of nitrogens with zero attached hydrogens (tertiary/aromatic N) is 1. The molecule has 5 nitrogen and oxygen atoms in total. The van der Waals surface area contributed by atoms with E-state index in [4.69, 9.17) is 0 Å². The molecule has 0 atom stereocenters. The molecule has 0 saturated carbocycles. The van der Waals surface area contributed by atoms with Crippen molar-refractivity contribution in [2.24, 2.45) is 4.99 Å². The lowest BCUT2D eigenvalue weighted by Gasteiger charge is -2.11. The van der Waals surface area contributed by atoms with Crippen molar-refractivity contribution < 1.29 is 14.3 Å². The molecule has 0 aliphatic carbocycles. The molecule has 1 amide bonds. The summed E-state index contributed by atoms with van der Waals surface area (Å²) in [5.41, 5.74) is 4.03. The third-order valence-corrected chi connectivity index (χ3v) is 3.61. The van der Waals surface area contributed by atoms with Gasteiger partial charge in [0.1, 0.15) is 6.54 Å². The zero-order chi connectivity index (χ0) is 16.9. The Morgan fingerprint density at radius 2 is 2.00 bits per heavy atom. The number of fused-ring (bicyclic) bond motifs is 1. The molecule has 0 spiro atoms. The highest BCUT2D eigenvalue weighted by molar-refractivity contribution is 6.19. The van der Waals surface area contributed by atoms with E-state index in [9.17, 15) is 9.59 Å². The Morgan fingerprint density at radius 3 is 2.75 bits per heavy atom. The number of hydrogen-bond donors (Lipinski definition) is 1. The first-order valence-corrected chi connectivity index (χ1v) is 7.47. The lowest BCUT2D eigenvalue weighted by Crippen LogP contribution is -2.13. The summed E-state index contributed by atoms with van der Waals surface area (Å²) >= 11 is 0. The molecule has 0 saturated heterocycles. The smallest absolute Gasteiger partial charge is 0.330 e. The molecule has 0 bridgehead atoms. The minimum atomic E-state index is -0.430. The van der Waals surface area contributed by atoms with E-state index in [1.54, 1.807) is 6.08 Å². The number of methoxy groups -OCH3 is 1. The molecule has 3 rings (SSSR count). The SMILES string of the molecule is COC(=O)C=Cc1ccc2c(c1)NC(=O)CN=C2c1ccccc1.